The van der Waals surface area contributed by atoms with Crippen LogP contribution in [0.5, 0.6) is 0 Å². The summed E-state index contributed by atoms with van der Waals surface area (Å²) in [6.07, 6.45) is 0.839. The smallest absolute Gasteiger partial charge is 0.00733 e. The van der Waals surface area contributed by atoms with Crippen LogP contribution in [0.2, 0.25) is 0 Å². The predicted molar refractivity (Wildman–Crippen MR) is 70.5 cm³/mol. The van der Waals surface area contributed by atoms with Gasteiger partial charge in [-0.3, -0.25) is 0 Å². The number of benzene rings is 3. The third-order valence-electron chi connectivity index (χ3n) is 3.12. The van der Waals surface area contributed by atoms with Crippen LogP contribution in [0, 0.1) is 6.92 Å². The first-order valence-corrected chi connectivity index (χ1v) is 5.59. The molecule has 0 aliphatic rings. The van der Waals surface area contributed by atoms with Crippen molar-refractivity contribution in [2.75, 3.05) is 0 Å². The van der Waals surface area contributed by atoms with Crippen LogP contribution in [-0.4, -0.2) is 0 Å². The van der Waals surface area contributed by atoms with Gasteiger partial charge < -0.3 is 0 Å². The fourth-order valence-electron chi connectivity index (χ4n) is 2.35. The Hall–Kier alpha value is -1.82. The molecule has 3 aromatic carbocycles. The first kappa shape index (κ1) is 9.41. The molecule has 3 aromatic rings. The van der Waals surface area contributed by atoms with Crippen LogP contribution < -0.4 is 0 Å². The van der Waals surface area contributed by atoms with Crippen LogP contribution in [0.15, 0.2) is 54.6 Å². The Morgan fingerprint density at radius 1 is 0.750 bits per heavy atom. The molecule has 0 heterocycles. The van der Waals surface area contributed by atoms with Gasteiger partial charge in [0, 0.05) is 0 Å². The summed E-state index contributed by atoms with van der Waals surface area (Å²) < 4.78 is 0. The molecule has 77 valence electrons. The Morgan fingerprint density at radius 3 is 2.38 bits per heavy atom. The molecule has 0 aromatic heterocycles. The maximum Gasteiger partial charge on any atom is -0.00733 e. The third-order valence-corrected chi connectivity index (χ3v) is 3.12. The molecule has 0 N–H and O–H groups in total. The highest BCUT2D eigenvalue weighted by Crippen LogP contribution is 2.28. The molecule has 0 nitrogen and oxygen atoms in total. The summed E-state index contributed by atoms with van der Waals surface area (Å²) in [7, 11) is 0. The Labute approximate surface area is 95.5 Å². The van der Waals surface area contributed by atoms with Gasteiger partial charge in [-0.25, -0.2) is 0 Å². The highest BCUT2D eigenvalue weighted by molar-refractivity contribution is 6.09. The van der Waals surface area contributed by atoms with Gasteiger partial charge in [0.2, 0.25) is 0 Å². The average Bonchev–Trinajstić information content (AvgIpc) is 2.37. The molecule has 0 amide bonds. The molecular formula is C16H13. The molecule has 16 heavy (non-hydrogen) atoms. The first-order valence-electron chi connectivity index (χ1n) is 5.59. The summed E-state index contributed by atoms with van der Waals surface area (Å²) in [4.78, 5) is 0. The molecule has 0 aliphatic heterocycles. The van der Waals surface area contributed by atoms with Gasteiger partial charge in [0.1, 0.15) is 0 Å². The van der Waals surface area contributed by atoms with Crippen LogP contribution in [-0.2, 0) is 6.42 Å². The van der Waals surface area contributed by atoms with Crippen LogP contribution >= 0.6 is 0 Å². The van der Waals surface area contributed by atoms with Gasteiger partial charge in [-0.1, -0.05) is 54.6 Å². The highest BCUT2D eigenvalue weighted by Gasteiger charge is 2.03. The summed E-state index contributed by atoms with van der Waals surface area (Å²) in [6, 6.07) is 19.4. The standard InChI is InChI=1S/C16H13/c1-2-12-7-5-8-14-11-10-13-6-3-4-9-15(13)16(12)14/h3-11H,1-2H2. The second-order valence-corrected chi connectivity index (χ2v) is 4.05. The summed E-state index contributed by atoms with van der Waals surface area (Å²) in [5, 5.41) is 5.30. The van der Waals surface area contributed by atoms with Gasteiger partial charge in [-0.05, 0) is 40.5 Å². The lowest BCUT2D eigenvalue weighted by molar-refractivity contribution is 1.31. The fourth-order valence-corrected chi connectivity index (χ4v) is 2.35. The number of fused-ring (bicyclic) bond motifs is 3. The fraction of sp³-hybridized carbons (Fsp3) is 0.0625. The van der Waals surface area contributed by atoms with Gasteiger partial charge >= 0.3 is 0 Å². The maximum absolute atomic E-state index is 4.01. The molecule has 0 spiro atoms. The van der Waals surface area contributed by atoms with Gasteiger partial charge in [0.05, 0.1) is 0 Å². The number of rotatable bonds is 1. The van der Waals surface area contributed by atoms with Crippen molar-refractivity contribution in [3.05, 3.63) is 67.1 Å². The Kier molecular flexibility index (Phi) is 2.14. The van der Waals surface area contributed by atoms with Crippen LogP contribution in [0.1, 0.15) is 5.56 Å². The number of hydrogen-bond acceptors (Lipinski definition) is 0. The normalized spacial score (nSPS) is 11.1. The SMILES string of the molecule is [CH2]Cc1cccc2ccc3ccccc3c12. The van der Waals surface area contributed by atoms with E-state index in [0.29, 0.717) is 0 Å². The average molecular weight is 205 g/mol. The molecule has 0 fully saturated rings. The summed E-state index contributed by atoms with van der Waals surface area (Å²) in [5.41, 5.74) is 1.33. The second kappa shape index (κ2) is 3.64. The second-order valence-electron chi connectivity index (χ2n) is 4.05. The van der Waals surface area contributed by atoms with E-state index in [1.165, 1.54) is 27.1 Å². The molecule has 0 bridgehead atoms. The Bertz CT molecular complexity index is 650. The highest BCUT2D eigenvalue weighted by atomic mass is 14.1. The molecule has 0 unspecified atom stereocenters. The maximum atomic E-state index is 4.01. The van der Waals surface area contributed by atoms with E-state index in [0.717, 1.165) is 6.42 Å². The zero-order valence-electron chi connectivity index (χ0n) is 9.11. The van der Waals surface area contributed by atoms with E-state index in [1.54, 1.807) is 0 Å². The van der Waals surface area contributed by atoms with Crippen LogP contribution in [0.4, 0.5) is 0 Å². The molecule has 0 saturated heterocycles. The van der Waals surface area contributed by atoms with Crippen molar-refractivity contribution in [2.45, 2.75) is 6.42 Å². The minimum Gasteiger partial charge on any atom is -0.0616 e. The lowest BCUT2D eigenvalue weighted by Gasteiger charge is -2.08. The minimum absolute atomic E-state index is 0.839. The Balaban J connectivity index is 2.57. The monoisotopic (exact) mass is 205 g/mol. The van der Waals surface area contributed by atoms with Crippen molar-refractivity contribution < 1.29 is 0 Å². The van der Waals surface area contributed by atoms with Crippen molar-refractivity contribution in [1.29, 1.82) is 0 Å². The topological polar surface area (TPSA) is 0 Å². The zero-order chi connectivity index (χ0) is 11.0. The van der Waals surface area contributed by atoms with Crippen molar-refractivity contribution >= 4 is 21.5 Å². The van der Waals surface area contributed by atoms with Crippen LogP contribution in [0.3, 0.4) is 0 Å². The summed E-state index contributed by atoms with van der Waals surface area (Å²) >= 11 is 0. The molecule has 0 aliphatic carbocycles. The van der Waals surface area contributed by atoms with Gasteiger partial charge in [-0.2, -0.15) is 0 Å². The summed E-state index contributed by atoms with van der Waals surface area (Å²) in [5.74, 6) is 0. The van der Waals surface area contributed by atoms with E-state index in [9.17, 15) is 0 Å². The van der Waals surface area contributed by atoms with E-state index in [4.69, 9.17) is 0 Å². The van der Waals surface area contributed by atoms with Gasteiger partial charge in [-0.15, -0.1) is 0 Å². The van der Waals surface area contributed by atoms with E-state index in [2.05, 4.69) is 61.5 Å². The van der Waals surface area contributed by atoms with Crippen LogP contribution in [0.25, 0.3) is 21.5 Å². The third kappa shape index (κ3) is 1.30. The Morgan fingerprint density at radius 2 is 1.50 bits per heavy atom. The van der Waals surface area contributed by atoms with Crippen molar-refractivity contribution in [2.24, 2.45) is 0 Å². The summed E-state index contributed by atoms with van der Waals surface area (Å²) in [6.45, 7) is 4.01. The minimum atomic E-state index is 0.839. The molecule has 0 heteroatoms. The van der Waals surface area contributed by atoms with Crippen molar-refractivity contribution in [3.63, 3.8) is 0 Å². The number of hydrogen-bond donors (Lipinski definition) is 0. The first-order chi connectivity index (χ1) is 7.90. The van der Waals surface area contributed by atoms with Crippen molar-refractivity contribution in [1.82, 2.24) is 0 Å². The van der Waals surface area contributed by atoms with Crippen molar-refractivity contribution in [3.8, 4) is 0 Å². The molecular weight excluding hydrogens is 192 g/mol. The van der Waals surface area contributed by atoms with E-state index < -0.39 is 0 Å². The quantitative estimate of drug-likeness (QED) is 0.517. The largest absolute Gasteiger partial charge is 0.0616 e. The van der Waals surface area contributed by atoms with E-state index in [1.807, 2.05) is 0 Å². The molecule has 0 saturated carbocycles. The lowest BCUT2D eigenvalue weighted by atomic mass is 9.97. The van der Waals surface area contributed by atoms with Gasteiger partial charge in [0.15, 0.2) is 0 Å². The molecule has 0 atom stereocenters. The zero-order valence-corrected chi connectivity index (χ0v) is 9.11. The van der Waals surface area contributed by atoms with E-state index >= 15 is 0 Å². The predicted octanol–water partition coefficient (Wildman–Crippen LogP) is 4.37. The molecule has 1 radical (unpaired) electrons. The molecule has 3 rings (SSSR count). The lowest BCUT2D eigenvalue weighted by Crippen LogP contribution is -1.85. The van der Waals surface area contributed by atoms with Gasteiger partial charge in [0.25, 0.3) is 0 Å². The van der Waals surface area contributed by atoms with E-state index in [-0.39, 0.29) is 0 Å².